The molecule has 0 saturated carbocycles. The summed E-state index contributed by atoms with van der Waals surface area (Å²) in [5.41, 5.74) is 0.465. The van der Waals surface area contributed by atoms with E-state index < -0.39 is 6.10 Å². The molecular weight excluding hydrogens is 297 g/mol. The number of carbonyl (C=O) groups is 1. The first kappa shape index (κ1) is 14.7. The van der Waals surface area contributed by atoms with Gasteiger partial charge in [0.2, 0.25) is 0 Å². The van der Waals surface area contributed by atoms with Crippen molar-refractivity contribution in [1.29, 1.82) is 0 Å². The third kappa shape index (κ3) is 3.89. The summed E-state index contributed by atoms with van der Waals surface area (Å²) in [5, 5.41) is 3.62. The number of benzene rings is 2. The molecule has 3 nitrogen and oxygen atoms in total. The lowest BCUT2D eigenvalue weighted by molar-refractivity contribution is -0.122. The number of nitrogens with one attached hydrogen (secondary N) is 1. The van der Waals surface area contributed by atoms with Crippen molar-refractivity contribution in [3.05, 3.63) is 58.6 Å². The molecule has 0 spiro atoms. The van der Waals surface area contributed by atoms with Crippen LogP contribution in [-0.4, -0.2) is 12.0 Å². The molecule has 0 aromatic heterocycles. The lowest BCUT2D eigenvalue weighted by Gasteiger charge is -2.15. The summed E-state index contributed by atoms with van der Waals surface area (Å²) in [6.45, 7) is 1.67. The van der Waals surface area contributed by atoms with Gasteiger partial charge in [-0.1, -0.05) is 41.4 Å². The first-order valence-corrected chi connectivity index (χ1v) is 6.79. The summed E-state index contributed by atoms with van der Waals surface area (Å²) < 4.78 is 5.53. The summed E-state index contributed by atoms with van der Waals surface area (Å²) >= 11 is 11.9. The van der Waals surface area contributed by atoms with Crippen LogP contribution in [0.1, 0.15) is 6.92 Å². The fraction of sp³-hybridized carbons (Fsp3) is 0.133. The Labute approximate surface area is 127 Å². The van der Waals surface area contributed by atoms with E-state index in [-0.39, 0.29) is 5.91 Å². The van der Waals surface area contributed by atoms with Gasteiger partial charge in [0.05, 0.1) is 10.7 Å². The van der Waals surface area contributed by atoms with E-state index in [0.717, 1.165) is 0 Å². The van der Waals surface area contributed by atoms with E-state index >= 15 is 0 Å². The van der Waals surface area contributed by atoms with Crippen LogP contribution < -0.4 is 10.1 Å². The van der Waals surface area contributed by atoms with Crippen LogP contribution in [0.4, 0.5) is 5.69 Å². The van der Waals surface area contributed by atoms with E-state index in [1.54, 1.807) is 37.3 Å². The number of para-hydroxylation sites is 1. The zero-order valence-corrected chi connectivity index (χ0v) is 12.3. The first-order chi connectivity index (χ1) is 9.56. The Kier molecular flexibility index (Phi) is 4.88. The fourth-order valence-corrected chi connectivity index (χ4v) is 1.92. The van der Waals surface area contributed by atoms with E-state index in [1.165, 1.54) is 0 Å². The van der Waals surface area contributed by atoms with Gasteiger partial charge in [0.1, 0.15) is 5.75 Å². The third-order valence-corrected chi connectivity index (χ3v) is 3.18. The van der Waals surface area contributed by atoms with E-state index in [9.17, 15) is 4.79 Å². The van der Waals surface area contributed by atoms with Gasteiger partial charge in [-0.2, -0.15) is 0 Å². The van der Waals surface area contributed by atoms with Crippen molar-refractivity contribution in [3.8, 4) is 5.75 Å². The molecule has 2 aromatic rings. The third-order valence-electron chi connectivity index (χ3n) is 2.61. The van der Waals surface area contributed by atoms with Gasteiger partial charge < -0.3 is 10.1 Å². The van der Waals surface area contributed by atoms with E-state index in [1.807, 2.05) is 18.2 Å². The molecule has 0 fully saturated rings. The van der Waals surface area contributed by atoms with Crippen LogP contribution in [0.5, 0.6) is 5.75 Å². The predicted molar refractivity (Wildman–Crippen MR) is 81.6 cm³/mol. The van der Waals surface area contributed by atoms with Crippen LogP contribution in [0.3, 0.4) is 0 Å². The molecule has 1 N–H and O–H groups in total. The first-order valence-electron chi connectivity index (χ1n) is 6.04. The Morgan fingerprint density at radius 3 is 2.55 bits per heavy atom. The minimum Gasteiger partial charge on any atom is -0.481 e. The average molecular weight is 310 g/mol. The second kappa shape index (κ2) is 6.64. The van der Waals surface area contributed by atoms with Crippen molar-refractivity contribution in [3.63, 3.8) is 0 Å². The molecule has 104 valence electrons. The molecule has 0 aliphatic carbocycles. The average Bonchev–Trinajstić information content (AvgIpc) is 2.44. The summed E-state index contributed by atoms with van der Waals surface area (Å²) in [4.78, 5) is 12.0. The zero-order chi connectivity index (χ0) is 14.5. The molecule has 5 heteroatoms. The number of hydrogen-bond acceptors (Lipinski definition) is 2. The fourth-order valence-electron chi connectivity index (χ4n) is 1.58. The molecule has 1 atom stereocenters. The molecule has 20 heavy (non-hydrogen) atoms. The smallest absolute Gasteiger partial charge is 0.265 e. The Morgan fingerprint density at radius 2 is 1.85 bits per heavy atom. The van der Waals surface area contributed by atoms with Gasteiger partial charge in [0.15, 0.2) is 6.10 Å². The van der Waals surface area contributed by atoms with Crippen molar-refractivity contribution in [2.24, 2.45) is 0 Å². The zero-order valence-electron chi connectivity index (χ0n) is 10.8. The molecule has 2 rings (SSSR count). The van der Waals surface area contributed by atoms with Crippen molar-refractivity contribution in [2.75, 3.05) is 5.32 Å². The van der Waals surface area contributed by atoms with Gasteiger partial charge in [0.25, 0.3) is 5.91 Å². The summed E-state index contributed by atoms with van der Waals surface area (Å²) in [6, 6.07) is 14.0. The van der Waals surface area contributed by atoms with Crippen molar-refractivity contribution in [1.82, 2.24) is 0 Å². The summed E-state index contributed by atoms with van der Waals surface area (Å²) in [5.74, 6) is 0.338. The molecule has 0 bridgehead atoms. The Hall–Kier alpha value is -1.71. The van der Waals surface area contributed by atoms with Crippen LogP contribution in [0, 0.1) is 0 Å². The second-order valence-corrected chi connectivity index (χ2v) is 5.03. The Balaban J connectivity index is 2.02. The highest BCUT2D eigenvalue weighted by Crippen LogP contribution is 2.25. The molecular formula is C15H13Cl2NO2. The molecule has 1 amide bonds. The monoisotopic (exact) mass is 309 g/mol. The number of amides is 1. The van der Waals surface area contributed by atoms with Crippen molar-refractivity contribution < 1.29 is 9.53 Å². The van der Waals surface area contributed by atoms with Gasteiger partial charge in [-0.3, -0.25) is 4.79 Å². The standard InChI is InChI=1S/C15H13Cl2NO2/c1-10(20-12-5-3-2-4-6-12)15(19)18-14-9-11(16)7-8-13(14)17/h2-10H,1H3,(H,18,19). The lowest BCUT2D eigenvalue weighted by atomic mass is 10.3. The quantitative estimate of drug-likeness (QED) is 0.909. The SMILES string of the molecule is CC(Oc1ccccc1)C(=O)Nc1cc(Cl)ccc1Cl. The molecule has 0 radical (unpaired) electrons. The van der Waals surface area contributed by atoms with Crippen molar-refractivity contribution >= 4 is 34.8 Å². The maximum absolute atomic E-state index is 12.0. The van der Waals surface area contributed by atoms with Crippen LogP contribution in [0.2, 0.25) is 10.0 Å². The highest BCUT2D eigenvalue weighted by atomic mass is 35.5. The van der Waals surface area contributed by atoms with Gasteiger partial charge in [0, 0.05) is 5.02 Å². The van der Waals surface area contributed by atoms with Crippen LogP contribution >= 0.6 is 23.2 Å². The van der Waals surface area contributed by atoms with Gasteiger partial charge in [-0.15, -0.1) is 0 Å². The molecule has 0 aliphatic heterocycles. The largest absolute Gasteiger partial charge is 0.481 e. The highest BCUT2D eigenvalue weighted by molar-refractivity contribution is 6.35. The number of hydrogen-bond donors (Lipinski definition) is 1. The number of halogens is 2. The minimum atomic E-state index is -0.646. The minimum absolute atomic E-state index is 0.294. The molecule has 0 saturated heterocycles. The normalized spacial score (nSPS) is 11.8. The molecule has 1 unspecified atom stereocenters. The number of carbonyl (C=O) groups excluding carboxylic acids is 1. The van der Waals surface area contributed by atoms with Crippen LogP contribution in [-0.2, 0) is 4.79 Å². The van der Waals surface area contributed by atoms with Gasteiger partial charge >= 0.3 is 0 Å². The maximum Gasteiger partial charge on any atom is 0.265 e. The van der Waals surface area contributed by atoms with Gasteiger partial charge in [-0.05, 0) is 37.3 Å². The number of rotatable bonds is 4. The highest BCUT2D eigenvalue weighted by Gasteiger charge is 2.16. The van der Waals surface area contributed by atoms with E-state index in [2.05, 4.69) is 5.32 Å². The second-order valence-electron chi connectivity index (χ2n) is 4.19. The van der Waals surface area contributed by atoms with E-state index in [0.29, 0.717) is 21.5 Å². The summed E-state index contributed by atoms with van der Waals surface area (Å²) in [6.07, 6.45) is -0.646. The van der Waals surface area contributed by atoms with Crippen molar-refractivity contribution in [2.45, 2.75) is 13.0 Å². The predicted octanol–water partition coefficient (Wildman–Crippen LogP) is 4.40. The number of anilines is 1. The Bertz CT molecular complexity index is 602. The number of ether oxygens (including phenoxy) is 1. The Morgan fingerprint density at radius 1 is 1.15 bits per heavy atom. The van der Waals surface area contributed by atoms with Crippen LogP contribution in [0.25, 0.3) is 0 Å². The van der Waals surface area contributed by atoms with E-state index in [4.69, 9.17) is 27.9 Å². The lowest BCUT2D eigenvalue weighted by Crippen LogP contribution is -2.30. The maximum atomic E-state index is 12.0. The summed E-state index contributed by atoms with van der Waals surface area (Å²) in [7, 11) is 0. The topological polar surface area (TPSA) is 38.3 Å². The van der Waals surface area contributed by atoms with Gasteiger partial charge in [-0.25, -0.2) is 0 Å². The molecule has 0 aliphatic rings. The van der Waals surface area contributed by atoms with Crippen LogP contribution in [0.15, 0.2) is 48.5 Å². The molecule has 2 aromatic carbocycles. The molecule has 0 heterocycles.